The lowest BCUT2D eigenvalue weighted by atomic mass is 10.2. The molecule has 1 aliphatic rings. The van der Waals surface area contributed by atoms with Crippen molar-refractivity contribution < 1.29 is 9.59 Å². The van der Waals surface area contributed by atoms with E-state index >= 15 is 0 Å². The van der Waals surface area contributed by atoms with Gasteiger partial charge in [-0.3, -0.25) is 19.4 Å². The molecule has 1 saturated heterocycles. The van der Waals surface area contributed by atoms with Crippen LogP contribution in [-0.4, -0.2) is 66.6 Å². The Labute approximate surface area is 183 Å². The minimum atomic E-state index is -0.214. The van der Waals surface area contributed by atoms with E-state index in [-0.39, 0.29) is 17.9 Å². The van der Waals surface area contributed by atoms with E-state index in [4.69, 9.17) is 0 Å². The third kappa shape index (κ3) is 6.32. The molecule has 0 aromatic heterocycles. The van der Waals surface area contributed by atoms with Crippen LogP contribution in [0.4, 0.5) is 5.69 Å². The first-order valence-electron chi connectivity index (χ1n) is 10.3. The van der Waals surface area contributed by atoms with Crippen LogP contribution in [0.15, 0.2) is 59.5 Å². The van der Waals surface area contributed by atoms with Crippen LogP contribution in [0.1, 0.15) is 12.5 Å². The van der Waals surface area contributed by atoms with E-state index in [1.807, 2.05) is 67.8 Å². The number of nitrogens with zero attached hydrogens (tertiary/aromatic N) is 2. The van der Waals surface area contributed by atoms with Crippen molar-refractivity contribution in [3.8, 4) is 0 Å². The van der Waals surface area contributed by atoms with Crippen molar-refractivity contribution in [1.29, 1.82) is 0 Å². The van der Waals surface area contributed by atoms with Crippen molar-refractivity contribution >= 4 is 29.3 Å². The molecule has 30 heavy (non-hydrogen) atoms. The molecule has 3 rings (SSSR count). The minimum Gasteiger partial charge on any atom is -0.351 e. The summed E-state index contributed by atoms with van der Waals surface area (Å²) >= 11 is 1.62. The predicted molar refractivity (Wildman–Crippen MR) is 123 cm³/mol. The quantitative estimate of drug-likeness (QED) is 0.636. The SMILES string of the molecule is CSc1ccccc1NC(=O)C(C)N1CCN(CC(=O)NCc2ccccc2)CC1. The van der Waals surface area contributed by atoms with Crippen molar-refractivity contribution in [3.05, 3.63) is 60.2 Å². The molecule has 2 aromatic carbocycles. The van der Waals surface area contributed by atoms with Gasteiger partial charge in [-0.15, -0.1) is 11.8 Å². The molecule has 6 nitrogen and oxygen atoms in total. The highest BCUT2D eigenvalue weighted by atomic mass is 32.2. The van der Waals surface area contributed by atoms with Gasteiger partial charge < -0.3 is 10.6 Å². The third-order valence-electron chi connectivity index (χ3n) is 5.40. The summed E-state index contributed by atoms with van der Waals surface area (Å²) in [5, 5.41) is 6.03. The maximum absolute atomic E-state index is 12.7. The van der Waals surface area contributed by atoms with E-state index in [2.05, 4.69) is 20.4 Å². The van der Waals surface area contributed by atoms with E-state index < -0.39 is 0 Å². The minimum absolute atomic E-state index is 0.00514. The van der Waals surface area contributed by atoms with Gasteiger partial charge in [0.1, 0.15) is 0 Å². The lowest BCUT2D eigenvalue weighted by Crippen LogP contribution is -2.54. The first-order chi connectivity index (χ1) is 14.6. The molecule has 1 fully saturated rings. The summed E-state index contributed by atoms with van der Waals surface area (Å²) in [6, 6.07) is 17.5. The number of benzene rings is 2. The molecule has 0 spiro atoms. The van der Waals surface area contributed by atoms with Crippen LogP contribution in [0.25, 0.3) is 0 Å². The first kappa shape index (κ1) is 22.3. The second kappa shape index (κ2) is 11.2. The molecule has 160 valence electrons. The third-order valence-corrected chi connectivity index (χ3v) is 6.19. The zero-order chi connectivity index (χ0) is 21.3. The molecule has 1 unspecified atom stereocenters. The molecule has 0 bridgehead atoms. The Morgan fingerprint density at radius 3 is 2.37 bits per heavy atom. The van der Waals surface area contributed by atoms with Crippen LogP contribution < -0.4 is 10.6 Å². The first-order valence-corrected chi connectivity index (χ1v) is 11.5. The predicted octanol–water partition coefficient (Wildman–Crippen LogP) is 2.67. The Morgan fingerprint density at radius 2 is 1.67 bits per heavy atom. The number of hydrogen-bond donors (Lipinski definition) is 2. The highest BCUT2D eigenvalue weighted by molar-refractivity contribution is 7.98. The van der Waals surface area contributed by atoms with Gasteiger partial charge in [-0.1, -0.05) is 42.5 Å². The number of para-hydroxylation sites is 1. The lowest BCUT2D eigenvalue weighted by Gasteiger charge is -2.37. The van der Waals surface area contributed by atoms with Gasteiger partial charge in [-0.25, -0.2) is 0 Å². The molecule has 2 N–H and O–H groups in total. The van der Waals surface area contributed by atoms with E-state index in [0.29, 0.717) is 13.1 Å². The van der Waals surface area contributed by atoms with Crippen molar-refractivity contribution in [2.75, 3.05) is 44.3 Å². The summed E-state index contributed by atoms with van der Waals surface area (Å²) < 4.78 is 0. The van der Waals surface area contributed by atoms with E-state index in [1.54, 1.807) is 11.8 Å². The monoisotopic (exact) mass is 426 g/mol. The Balaban J connectivity index is 1.42. The zero-order valence-corrected chi connectivity index (χ0v) is 18.5. The van der Waals surface area contributed by atoms with Gasteiger partial charge in [0.2, 0.25) is 11.8 Å². The molecule has 1 heterocycles. The fourth-order valence-corrected chi connectivity index (χ4v) is 4.07. The molecular formula is C23H30N4O2S. The van der Waals surface area contributed by atoms with E-state index in [1.165, 1.54) is 0 Å². The van der Waals surface area contributed by atoms with Crippen molar-refractivity contribution in [2.45, 2.75) is 24.4 Å². The molecule has 1 aliphatic heterocycles. The second-order valence-corrected chi connectivity index (χ2v) is 8.29. The number of amides is 2. The van der Waals surface area contributed by atoms with Crippen LogP contribution in [0.5, 0.6) is 0 Å². The van der Waals surface area contributed by atoms with Crippen molar-refractivity contribution in [1.82, 2.24) is 15.1 Å². The van der Waals surface area contributed by atoms with E-state index in [9.17, 15) is 9.59 Å². The van der Waals surface area contributed by atoms with Gasteiger partial charge in [0.15, 0.2) is 0 Å². The fourth-order valence-electron chi connectivity index (χ4n) is 3.52. The summed E-state index contributed by atoms with van der Waals surface area (Å²) in [6.45, 7) is 5.97. The zero-order valence-electron chi connectivity index (χ0n) is 17.6. The maximum Gasteiger partial charge on any atom is 0.241 e. The van der Waals surface area contributed by atoms with Gasteiger partial charge in [0.25, 0.3) is 0 Å². The number of hydrogen-bond acceptors (Lipinski definition) is 5. The maximum atomic E-state index is 12.7. The Kier molecular flexibility index (Phi) is 8.30. The average molecular weight is 427 g/mol. The average Bonchev–Trinajstić information content (AvgIpc) is 2.79. The van der Waals surface area contributed by atoms with Crippen LogP contribution in [0.3, 0.4) is 0 Å². The Hall–Kier alpha value is -2.35. The van der Waals surface area contributed by atoms with E-state index in [0.717, 1.165) is 42.3 Å². The van der Waals surface area contributed by atoms with Crippen molar-refractivity contribution in [2.24, 2.45) is 0 Å². The molecule has 7 heteroatoms. The molecule has 0 saturated carbocycles. The Morgan fingerprint density at radius 1 is 1.00 bits per heavy atom. The number of anilines is 1. The number of rotatable bonds is 8. The second-order valence-electron chi connectivity index (χ2n) is 7.44. The normalized spacial score (nSPS) is 16.1. The van der Waals surface area contributed by atoms with Gasteiger partial charge in [0.05, 0.1) is 18.3 Å². The van der Waals surface area contributed by atoms with Crippen LogP contribution in [0, 0.1) is 0 Å². The largest absolute Gasteiger partial charge is 0.351 e. The summed E-state index contributed by atoms with van der Waals surface area (Å²) in [5.41, 5.74) is 1.95. The molecule has 0 aliphatic carbocycles. The number of thioether (sulfide) groups is 1. The number of carbonyl (C=O) groups is 2. The molecule has 1 atom stereocenters. The number of piperazine rings is 1. The van der Waals surface area contributed by atoms with Gasteiger partial charge >= 0.3 is 0 Å². The van der Waals surface area contributed by atoms with Crippen LogP contribution >= 0.6 is 11.8 Å². The molecule has 2 aromatic rings. The smallest absolute Gasteiger partial charge is 0.241 e. The fraction of sp³-hybridized carbons (Fsp3) is 0.391. The molecule has 0 radical (unpaired) electrons. The summed E-state index contributed by atoms with van der Waals surface area (Å²) in [6.07, 6.45) is 2.00. The molecular weight excluding hydrogens is 396 g/mol. The van der Waals surface area contributed by atoms with Crippen LogP contribution in [-0.2, 0) is 16.1 Å². The Bertz CT molecular complexity index is 838. The summed E-state index contributed by atoms with van der Waals surface area (Å²) in [4.78, 5) is 30.3. The lowest BCUT2D eigenvalue weighted by molar-refractivity contribution is -0.124. The van der Waals surface area contributed by atoms with Crippen LogP contribution in [0.2, 0.25) is 0 Å². The van der Waals surface area contributed by atoms with Crippen molar-refractivity contribution in [3.63, 3.8) is 0 Å². The van der Waals surface area contributed by atoms with Gasteiger partial charge in [-0.05, 0) is 30.9 Å². The molecule has 2 amide bonds. The summed E-state index contributed by atoms with van der Waals surface area (Å²) in [5.74, 6) is 0.0392. The number of nitrogens with one attached hydrogen (secondary N) is 2. The summed E-state index contributed by atoms with van der Waals surface area (Å²) in [7, 11) is 0. The highest BCUT2D eigenvalue weighted by Crippen LogP contribution is 2.25. The van der Waals surface area contributed by atoms with Gasteiger partial charge in [-0.2, -0.15) is 0 Å². The number of carbonyl (C=O) groups excluding carboxylic acids is 2. The standard InChI is InChI=1S/C23H30N4O2S/c1-18(23(29)25-20-10-6-7-11-21(20)30-2)27-14-12-26(13-15-27)17-22(28)24-16-19-8-4-3-5-9-19/h3-11,18H,12-17H2,1-2H3,(H,24,28)(H,25,29). The van der Waals surface area contributed by atoms with Gasteiger partial charge in [0, 0.05) is 37.6 Å². The highest BCUT2D eigenvalue weighted by Gasteiger charge is 2.26. The topological polar surface area (TPSA) is 64.7 Å².